The number of hydrogen-bond donors (Lipinski definition) is 4. The van der Waals surface area contributed by atoms with Crippen molar-refractivity contribution in [2.45, 2.75) is 19.8 Å². The lowest BCUT2D eigenvalue weighted by Gasteiger charge is -2.14. The number of rotatable bonds is 4. The fourth-order valence-corrected chi connectivity index (χ4v) is 4.64. The zero-order valence-corrected chi connectivity index (χ0v) is 17.6. The molecule has 0 saturated carbocycles. The van der Waals surface area contributed by atoms with Gasteiger partial charge in [0.1, 0.15) is 11.5 Å². The summed E-state index contributed by atoms with van der Waals surface area (Å²) in [5, 5.41) is 12.2. The molecule has 4 N–H and O–H groups in total. The fourth-order valence-electron chi connectivity index (χ4n) is 4.42. The molecule has 0 spiro atoms. The maximum Gasteiger partial charge on any atom is 0.352 e. The number of aromatic carboxylic acids is 1. The second-order valence-electron chi connectivity index (χ2n) is 7.91. The summed E-state index contributed by atoms with van der Waals surface area (Å²) in [6.07, 6.45) is 3.54. The molecular formula is C24H19ClFN3O2. The molecule has 7 heteroatoms. The molecule has 156 valence electrons. The predicted molar refractivity (Wildman–Crippen MR) is 121 cm³/mol. The molecule has 0 aliphatic heterocycles. The van der Waals surface area contributed by atoms with Gasteiger partial charge in [-0.1, -0.05) is 25.4 Å². The number of benzene rings is 2. The normalized spacial score (nSPS) is 11.8. The molecule has 0 saturated heterocycles. The maximum atomic E-state index is 14.4. The van der Waals surface area contributed by atoms with Gasteiger partial charge in [0, 0.05) is 50.3 Å². The van der Waals surface area contributed by atoms with Gasteiger partial charge in [0.25, 0.3) is 0 Å². The van der Waals surface area contributed by atoms with Crippen LogP contribution in [-0.4, -0.2) is 26.0 Å². The van der Waals surface area contributed by atoms with Crippen molar-refractivity contribution in [2.75, 3.05) is 0 Å². The Balaban J connectivity index is 1.92. The van der Waals surface area contributed by atoms with Gasteiger partial charge in [-0.3, -0.25) is 0 Å². The van der Waals surface area contributed by atoms with E-state index in [2.05, 4.69) is 15.0 Å². The first kappa shape index (κ1) is 19.5. The van der Waals surface area contributed by atoms with Crippen molar-refractivity contribution < 1.29 is 14.3 Å². The first-order valence-electron chi connectivity index (χ1n) is 9.88. The van der Waals surface area contributed by atoms with E-state index in [1.54, 1.807) is 24.5 Å². The summed E-state index contributed by atoms with van der Waals surface area (Å²) in [7, 11) is 0. The number of carbonyl (C=O) groups is 1. The average Bonchev–Trinajstić information content (AvgIpc) is 3.43. The van der Waals surface area contributed by atoms with Crippen LogP contribution in [0.5, 0.6) is 0 Å². The number of fused-ring (bicyclic) bond motifs is 2. The zero-order chi connectivity index (χ0) is 21.9. The number of nitrogens with one attached hydrogen (secondary N) is 3. The summed E-state index contributed by atoms with van der Waals surface area (Å²) >= 11 is 6.37. The van der Waals surface area contributed by atoms with E-state index in [-0.39, 0.29) is 11.6 Å². The third-order valence-electron chi connectivity index (χ3n) is 5.64. The highest BCUT2D eigenvalue weighted by Gasteiger charge is 2.28. The second-order valence-corrected chi connectivity index (χ2v) is 8.34. The highest BCUT2D eigenvalue weighted by Crippen LogP contribution is 2.44. The molecule has 0 bridgehead atoms. The van der Waals surface area contributed by atoms with Crippen molar-refractivity contribution in [2.24, 2.45) is 0 Å². The molecule has 5 rings (SSSR count). The number of aromatic nitrogens is 3. The van der Waals surface area contributed by atoms with E-state index in [9.17, 15) is 14.3 Å². The second kappa shape index (κ2) is 7.03. The van der Waals surface area contributed by atoms with E-state index in [4.69, 9.17) is 11.6 Å². The number of halogens is 2. The van der Waals surface area contributed by atoms with E-state index in [0.29, 0.717) is 32.9 Å². The summed E-state index contributed by atoms with van der Waals surface area (Å²) in [5.74, 6) is -1.53. The van der Waals surface area contributed by atoms with Crippen LogP contribution in [0.2, 0.25) is 5.02 Å². The topological polar surface area (TPSA) is 84.7 Å². The van der Waals surface area contributed by atoms with Gasteiger partial charge in [-0.2, -0.15) is 0 Å². The van der Waals surface area contributed by atoms with Gasteiger partial charge in [-0.25, -0.2) is 9.18 Å². The molecule has 0 atom stereocenters. The van der Waals surface area contributed by atoms with E-state index >= 15 is 0 Å². The SMILES string of the molecule is CC(C)c1c(-c2cc(F)cc3[nH]ccc23)[nH]c(C(=O)O)c1-c1cc(Cl)cc2[nH]ccc12. The lowest BCUT2D eigenvalue weighted by molar-refractivity contribution is 0.0692. The smallest absolute Gasteiger partial charge is 0.352 e. The minimum atomic E-state index is -1.09. The number of aromatic amines is 3. The molecule has 0 aliphatic carbocycles. The number of carboxylic acids is 1. The van der Waals surface area contributed by atoms with Gasteiger partial charge in [0.15, 0.2) is 0 Å². The van der Waals surface area contributed by atoms with Crippen molar-refractivity contribution in [3.8, 4) is 22.4 Å². The van der Waals surface area contributed by atoms with Crippen molar-refractivity contribution in [1.82, 2.24) is 15.0 Å². The van der Waals surface area contributed by atoms with Crippen LogP contribution in [0.1, 0.15) is 35.8 Å². The summed E-state index contributed by atoms with van der Waals surface area (Å²) in [5.41, 5.74) is 4.80. The van der Waals surface area contributed by atoms with Gasteiger partial charge in [0.2, 0.25) is 0 Å². The van der Waals surface area contributed by atoms with Crippen molar-refractivity contribution in [1.29, 1.82) is 0 Å². The predicted octanol–water partition coefficient (Wildman–Crippen LogP) is 6.93. The molecule has 0 amide bonds. The quantitative estimate of drug-likeness (QED) is 0.247. The Kier molecular flexibility index (Phi) is 4.41. The highest BCUT2D eigenvalue weighted by atomic mass is 35.5. The van der Waals surface area contributed by atoms with Crippen LogP contribution in [0, 0.1) is 5.82 Å². The molecule has 5 aromatic rings. The lowest BCUT2D eigenvalue weighted by atomic mass is 9.89. The van der Waals surface area contributed by atoms with Gasteiger partial charge >= 0.3 is 5.97 Å². The Morgan fingerprint density at radius 3 is 2.29 bits per heavy atom. The number of hydrogen-bond acceptors (Lipinski definition) is 1. The van der Waals surface area contributed by atoms with Crippen LogP contribution in [0.15, 0.2) is 48.8 Å². The van der Waals surface area contributed by atoms with Crippen LogP contribution in [-0.2, 0) is 0 Å². The minimum absolute atomic E-state index is 0.0421. The fraction of sp³-hybridized carbons (Fsp3) is 0.125. The Bertz CT molecular complexity index is 1480. The van der Waals surface area contributed by atoms with Gasteiger partial charge in [-0.15, -0.1) is 0 Å². The molecule has 0 fully saturated rings. The molecule has 0 unspecified atom stereocenters. The minimum Gasteiger partial charge on any atom is -0.477 e. The van der Waals surface area contributed by atoms with Gasteiger partial charge in [-0.05, 0) is 53.4 Å². The average molecular weight is 436 g/mol. The standard InChI is InChI=1S/C24H19ClFN3O2/c1-11(2)20-21(16-7-12(25)8-18-14(16)3-5-27-18)23(24(30)31)29-22(20)17-9-13(26)10-19-15(17)4-6-28-19/h3-11,27-29H,1-2H3,(H,30,31). The monoisotopic (exact) mass is 435 g/mol. The molecule has 3 heterocycles. The molecule has 0 aliphatic rings. The Labute approximate surface area is 181 Å². The molecule has 31 heavy (non-hydrogen) atoms. The summed E-state index contributed by atoms with van der Waals surface area (Å²) < 4.78 is 14.4. The Morgan fingerprint density at radius 1 is 1.00 bits per heavy atom. The number of carboxylic acid groups (broad SMARTS) is 1. The first-order valence-corrected chi connectivity index (χ1v) is 10.3. The van der Waals surface area contributed by atoms with E-state index < -0.39 is 11.8 Å². The molecular weight excluding hydrogens is 417 g/mol. The molecule has 3 aromatic heterocycles. The van der Waals surface area contributed by atoms with Crippen LogP contribution >= 0.6 is 11.6 Å². The zero-order valence-electron chi connectivity index (χ0n) is 16.8. The molecule has 2 aromatic carbocycles. The third kappa shape index (κ3) is 3.02. The van der Waals surface area contributed by atoms with E-state index in [1.165, 1.54) is 12.1 Å². The molecule has 5 nitrogen and oxygen atoms in total. The lowest BCUT2D eigenvalue weighted by Crippen LogP contribution is -2.00. The van der Waals surface area contributed by atoms with Crippen molar-refractivity contribution in [3.63, 3.8) is 0 Å². The Morgan fingerprint density at radius 2 is 1.65 bits per heavy atom. The van der Waals surface area contributed by atoms with Crippen LogP contribution in [0.3, 0.4) is 0 Å². The van der Waals surface area contributed by atoms with E-state index in [1.807, 2.05) is 26.0 Å². The third-order valence-corrected chi connectivity index (χ3v) is 5.85. The summed E-state index contributed by atoms with van der Waals surface area (Å²) in [4.78, 5) is 21.6. The summed E-state index contributed by atoms with van der Waals surface area (Å²) in [6.45, 7) is 3.99. The van der Waals surface area contributed by atoms with Crippen molar-refractivity contribution >= 4 is 39.4 Å². The van der Waals surface area contributed by atoms with Crippen LogP contribution in [0.4, 0.5) is 4.39 Å². The van der Waals surface area contributed by atoms with Crippen LogP contribution in [0.25, 0.3) is 44.2 Å². The Hall–Kier alpha value is -3.51. The first-order chi connectivity index (χ1) is 14.8. The molecule has 0 radical (unpaired) electrons. The van der Waals surface area contributed by atoms with Gasteiger partial charge < -0.3 is 20.1 Å². The number of H-pyrrole nitrogens is 3. The van der Waals surface area contributed by atoms with Crippen LogP contribution < -0.4 is 0 Å². The van der Waals surface area contributed by atoms with Gasteiger partial charge in [0.05, 0.1) is 5.69 Å². The highest BCUT2D eigenvalue weighted by molar-refractivity contribution is 6.32. The largest absolute Gasteiger partial charge is 0.477 e. The maximum absolute atomic E-state index is 14.4. The van der Waals surface area contributed by atoms with Crippen molar-refractivity contribution in [3.05, 3.63) is 70.9 Å². The summed E-state index contributed by atoms with van der Waals surface area (Å²) in [6, 6.07) is 10.2. The van der Waals surface area contributed by atoms with E-state index in [0.717, 1.165) is 21.9 Å².